The molecule has 0 aliphatic heterocycles. The molecule has 0 saturated carbocycles. The second-order valence-corrected chi connectivity index (χ2v) is 6.11. The SMILES string of the molecule is CON(C(=O)c1ccccc1)[C@@H](C)Cc1c(C)cc(C)cc1C. The summed E-state index contributed by atoms with van der Waals surface area (Å²) in [7, 11) is 1.55. The van der Waals surface area contributed by atoms with E-state index in [1.165, 1.54) is 27.3 Å². The summed E-state index contributed by atoms with van der Waals surface area (Å²) in [6.45, 7) is 8.37. The summed E-state index contributed by atoms with van der Waals surface area (Å²) in [4.78, 5) is 18.0. The van der Waals surface area contributed by atoms with Gasteiger partial charge in [0.05, 0.1) is 13.2 Å². The zero-order chi connectivity index (χ0) is 17.0. The number of hydroxylamine groups is 2. The zero-order valence-electron chi connectivity index (χ0n) is 14.6. The predicted octanol–water partition coefficient (Wildman–Crippen LogP) is 4.25. The van der Waals surface area contributed by atoms with E-state index in [2.05, 4.69) is 32.9 Å². The quantitative estimate of drug-likeness (QED) is 0.773. The van der Waals surface area contributed by atoms with E-state index >= 15 is 0 Å². The Balaban J connectivity index is 2.21. The lowest BCUT2D eigenvalue weighted by molar-refractivity contribution is -0.119. The van der Waals surface area contributed by atoms with Crippen LogP contribution in [0.3, 0.4) is 0 Å². The summed E-state index contributed by atoms with van der Waals surface area (Å²) in [5, 5.41) is 1.47. The molecule has 3 heteroatoms. The maximum absolute atomic E-state index is 12.6. The molecule has 0 aliphatic carbocycles. The molecule has 122 valence electrons. The van der Waals surface area contributed by atoms with Crippen molar-refractivity contribution in [1.29, 1.82) is 0 Å². The van der Waals surface area contributed by atoms with E-state index in [1.807, 2.05) is 37.3 Å². The normalized spacial score (nSPS) is 12.0. The minimum Gasteiger partial charge on any atom is -0.274 e. The lowest BCUT2D eigenvalue weighted by Crippen LogP contribution is -2.39. The summed E-state index contributed by atoms with van der Waals surface area (Å²) in [5.74, 6) is -0.108. The highest BCUT2D eigenvalue weighted by Crippen LogP contribution is 2.20. The van der Waals surface area contributed by atoms with Gasteiger partial charge in [0.2, 0.25) is 0 Å². The van der Waals surface area contributed by atoms with Gasteiger partial charge < -0.3 is 0 Å². The molecule has 0 radical (unpaired) electrons. The van der Waals surface area contributed by atoms with Gasteiger partial charge in [-0.05, 0) is 62.9 Å². The van der Waals surface area contributed by atoms with Crippen molar-refractivity contribution < 1.29 is 9.63 Å². The Labute approximate surface area is 138 Å². The highest BCUT2D eigenvalue weighted by molar-refractivity contribution is 5.93. The standard InChI is InChI=1S/C20H25NO2/c1-14-11-15(2)19(16(3)12-14)13-17(4)21(23-5)20(22)18-9-7-6-8-10-18/h6-12,17H,13H2,1-5H3/t17-/m0/s1. The van der Waals surface area contributed by atoms with Gasteiger partial charge in [0.15, 0.2) is 0 Å². The molecule has 0 fully saturated rings. The van der Waals surface area contributed by atoms with Crippen molar-refractivity contribution in [3.8, 4) is 0 Å². The average molecular weight is 311 g/mol. The molecule has 2 aromatic rings. The fraction of sp³-hybridized carbons (Fsp3) is 0.350. The van der Waals surface area contributed by atoms with Crippen molar-refractivity contribution in [2.75, 3.05) is 7.11 Å². The highest BCUT2D eigenvalue weighted by atomic mass is 16.7. The van der Waals surface area contributed by atoms with E-state index in [0.717, 1.165) is 6.42 Å². The van der Waals surface area contributed by atoms with Crippen LogP contribution in [0.4, 0.5) is 0 Å². The fourth-order valence-electron chi connectivity index (χ4n) is 3.08. The van der Waals surface area contributed by atoms with E-state index in [-0.39, 0.29) is 11.9 Å². The number of benzene rings is 2. The largest absolute Gasteiger partial charge is 0.277 e. The molecular weight excluding hydrogens is 286 g/mol. The molecule has 1 atom stereocenters. The van der Waals surface area contributed by atoms with Crippen LogP contribution < -0.4 is 0 Å². The Morgan fingerprint density at radius 1 is 1.09 bits per heavy atom. The Hall–Kier alpha value is -2.13. The van der Waals surface area contributed by atoms with Crippen molar-refractivity contribution in [2.24, 2.45) is 0 Å². The molecule has 0 saturated heterocycles. The second kappa shape index (κ2) is 7.42. The first-order valence-corrected chi connectivity index (χ1v) is 7.93. The van der Waals surface area contributed by atoms with E-state index < -0.39 is 0 Å². The Kier molecular flexibility index (Phi) is 5.56. The molecule has 1 amide bonds. The lowest BCUT2D eigenvalue weighted by Gasteiger charge is -2.28. The molecule has 3 nitrogen and oxygen atoms in total. The van der Waals surface area contributed by atoms with E-state index in [9.17, 15) is 4.79 Å². The van der Waals surface area contributed by atoms with Crippen LogP contribution in [-0.4, -0.2) is 24.1 Å². The van der Waals surface area contributed by atoms with Crippen LogP contribution in [0.15, 0.2) is 42.5 Å². The summed E-state index contributed by atoms with van der Waals surface area (Å²) in [5.41, 5.74) is 5.71. The maximum atomic E-state index is 12.6. The maximum Gasteiger partial charge on any atom is 0.277 e. The van der Waals surface area contributed by atoms with Gasteiger partial charge in [-0.15, -0.1) is 0 Å². The number of hydrogen-bond acceptors (Lipinski definition) is 2. The number of carbonyl (C=O) groups is 1. The summed E-state index contributed by atoms with van der Waals surface area (Å²) < 4.78 is 0. The first kappa shape index (κ1) is 17.2. The number of nitrogens with zero attached hydrogens (tertiary/aromatic N) is 1. The third kappa shape index (κ3) is 3.99. The number of carbonyl (C=O) groups excluding carboxylic acids is 1. The van der Waals surface area contributed by atoms with Gasteiger partial charge in [-0.25, -0.2) is 5.06 Å². The Bertz CT molecular complexity index is 656. The molecule has 2 rings (SSSR count). The van der Waals surface area contributed by atoms with Crippen LogP contribution >= 0.6 is 0 Å². The Morgan fingerprint density at radius 3 is 2.17 bits per heavy atom. The van der Waals surface area contributed by atoms with E-state index in [1.54, 1.807) is 7.11 Å². The minimum atomic E-state index is -0.108. The number of hydrogen-bond donors (Lipinski definition) is 0. The Morgan fingerprint density at radius 2 is 1.65 bits per heavy atom. The zero-order valence-corrected chi connectivity index (χ0v) is 14.6. The average Bonchev–Trinajstić information content (AvgIpc) is 2.52. The predicted molar refractivity (Wildman–Crippen MR) is 93.4 cm³/mol. The van der Waals surface area contributed by atoms with Crippen molar-refractivity contribution in [2.45, 2.75) is 40.2 Å². The van der Waals surface area contributed by atoms with Gasteiger partial charge in [0.1, 0.15) is 0 Å². The number of amides is 1. The van der Waals surface area contributed by atoms with Crippen LogP contribution in [-0.2, 0) is 11.3 Å². The van der Waals surface area contributed by atoms with Crippen molar-refractivity contribution >= 4 is 5.91 Å². The molecule has 0 heterocycles. The van der Waals surface area contributed by atoms with E-state index in [4.69, 9.17) is 4.84 Å². The topological polar surface area (TPSA) is 29.5 Å². The van der Waals surface area contributed by atoms with Gasteiger partial charge in [0.25, 0.3) is 5.91 Å². The minimum absolute atomic E-state index is 0.0483. The molecule has 0 spiro atoms. The molecule has 0 N–H and O–H groups in total. The van der Waals surface area contributed by atoms with Gasteiger partial charge in [-0.2, -0.15) is 0 Å². The number of aryl methyl sites for hydroxylation is 3. The van der Waals surface area contributed by atoms with Crippen molar-refractivity contribution in [1.82, 2.24) is 5.06 Å². The van der Waals surface area contributed by atoms with Gasteiger partial charge in [-0.1, -0.05) is 35.9 Å². The second-order valence-electron chi connectivity index (χ2n) is 6.11. The molecule has 0 aliphatic rings. The van der Waals surface area contributed by atoms with Crippen LogP contribution in [0.25, 0.3) is 0 Å². The summed E-state index contributed by atoms with van der Waals surface area (Å²) >= 11 is 0. The number of rotatable bonds is 5. The molecule has 2 aromatic carbocycles. The van der Waals surface area contributed by atoms with E-state index in [0.29, 0.717) is 5.56 Å². The summed E-state index contributed by atoms with van der Waals surface area (Å²) in [6, 6.07) is 13.6. The van der Waals surface area contributed by atoms with Crippen LogP contribution in [0.2, 0.25) is 0 Å². The van der Waals surface area contributed by atoms with Gasteiger partial charge in [0, 0.05) is 5.56 Å². The molecule has 0 bridgehead atoms. The lowest BCUT2D eigenvalue weighted by atomic mass is 9.94. The van der Waals surface area contributed by atoms with Crippen molar-refractivity contribution in [3.05, 3.63) is 70.3 Å². The third-order valence-corrected chi connectivity index (χ3v) is 4.16. The summed E-state index contributed by atoms with van der Waals surface area (Å²) in [6.07, 6.45) is 0.768. The van der Waals surface area contributed by atoms with Crippen LogP contribution in [0.5, 0.6) is 0 Å². The molecule has 0 aromatic heterocycles. The molecule has 0 unspecified atom stereocenters. The van der Waals surface area contributed by atoms with Crippen molar-refractivity contribution in [3.63, 3.8) is 0 Å². The smallest absolute Gasteiger partial charge is 0.274 e. The first-order valence-electron chi connectivity index (χ1n) is 7.93. The van der Waals surface area contributed by atoms with Crippen LogP contribution in [0, 0.1) is 20.8 Å². The fourth-order valence-corrected chi connectivity index (χ4v) is 3.08. The molecular formula is C20H25NO2. The highest BCUT2D eigenvalue weighted by Gasteiger charge is 2.23. The van der Waals surface area contributed by atoms with Crippen LogP contribution in [0.1, 0.15) is 39.5 Å². The van der Waals surface area contributed by atoms with Gasteiger partial charge in [-0.3, -0.25) is 9.63 Å². The third-order valence-electron chi connectivity index (χ3n) is 4.16. The monoisotopic (exact) mass is 311 g/mol. The first-order chi connectivity index (χ1) is 10.9. The molecule has 23 heavy (non-hydrogen) atoms. The van der Waals surface area contributed by atoms with Gasteiger partial charge >= 0.3 is 0 Å².